The quantitative estimate of drug-likeness (QED) is 0.829. The smallest absolute Gasteiger partial charge is 0.0684 e. The third kappa shape index (κ3) is 5.09. The van der Waals surface area contributed by atoms with Gasteiger partial charge in [-0.25, -0.2) is 0 Å². The summed E-state index contributed by atoms with van der Waals surface area (Å²) in [5, 5.41) is 3.39. The Morgan fingerprint density at radius 2 is 2.13 bits per heavy atom. The number of nitrogens with one attached hydrogen (secondary N) is 1. The summed E-state index contributed by atoms with van der Waals surface area (Å²) in [6.45, 7) is 6.33. The molecular weight excluding hydrogens is 320 g/mol. The van der Waals surface area contributed by atoms with Gasteiger partial charge in [-0.3, -0.25) is 4.98 Å². The Kier molecular flexibility index (Phi) is 5.79. The van der Waals surface area contributed by atoms with E-state index in [1.165, 1.54) is 6.42 Å². The van der Waals surface area contributed by atoms with E-state index in [-0.39, 0.29) is 0 Å². The predicted octanol–water partition coefficient (Wildman–Crippen LogP) is 3.74. The maximum absolute atomic E-state index is 4.34. The maximum Gasteiger partial charge on any atom is 0.0684 e. The minimum Gasteiger partial charge on any atom is -0.311 e. The molecule has 0 fully saturated rings. The van der Waals surface area contributed by atoms with Gasteiger partial charge in [-0.1, -0.05) is 13.8 Å². The molecule has 0 aliphatic carbocycles. The van der Waals surface area contributed by atoms with Gasteiger partial charge in [0.15, 0.2) is 0 Å². The molecule has 0 saturated carbocycles. The molecule has 0 aliphatic rings. The summed E-state index contributed by atoms with van der Waals surface area (Å²) < 4.78 is 2.05. The molecule has 0 atom stereocenters. The van der Waals surface area contributed by atoms with Crippen molar-refractivity contribution in [3.05, 3.63) is 26.9 Å². The second-order valence-electron chi connectivity index (χ2n) is 3.94. The van der Waals surface area contributed by atoms with Gasteiger partial charge in [-0.05, 0) is 56.8 Å². The first-order valence-corrected chi connectivity index (χ1v) is 6.69. The molecule has 0 aliphatic heterocycles. The second kappa shape index (κ2) is 6.61. The van der Waals surface area contributed by atoms with Crippen LogP contribution in [0.1, 0.15) is 26.0 Å². The molecular formula is C11H16Br2N2. The second-order valence-corrected chi connectivity index (χ2v) is 5.71. The zero-order valence-electron chi connectivity index (χ0n) is 9.06. The Balaban J connectivity index is 2.37. The molecule has 1 aromatic rings. The Bertz CT molecular complexity index is 313. The molecule has 4 heteroatoms. The topological polar surface area (TPSA) is 24.9 Å². The highest BCUT2D eigenvalue weighted by molar-refractivity contribution is 9.11. The van der Waals surface area contributed by atoms with E-state index in [0.717, 1.165) is 33.6 Å². The number of rotatable bonds is 5. The highest BCUT2D eigenvalue weighted by Crippen LogP contribution is 2.19. The van der Waals surface area contributed by atoms with E-state index in [0.29, 0.717) is 0 Å². The summed E-state index contributed by atoms with van der Waals surface area (Å²) in [5.74, 6) is 0.749. The van der Waals surface area contributed by atoms with Crippen molar-refractivity contribution < 1.29 is 0 Å². The fraction of sp³-hybridized carbons (Fsp3) is 0.545. The van der Waals surface area contributed by atoms with Gasteiger partial charge in [0, 0.05) is 21.7 Å². The number of aromatic nitrogens is 1. The molecule has 84 valence electrons. The van der Waals surface area contributed by atoms with Crippen LogP contribution in [0.2, 0.25) is 0 Å². The lowest BCUT2D eigenvalue weighted by Crippen LogP contribution is -2.17. The van der Waals surface area contributed by atoms with Crippen LogP contribution in [0.4, 0.5) is 0 Å². The van der Waals surface area contributed by atoms with Crippen molar-refractivity contribution in [3.8, 4) is 0 Å². The molecule has 15 heavy (non-hydrogen) atoms. The van der Waals surface area contributed by atoms with Gasteiger partial charge < -0.3 is 5.32 Å². The third-order valence-corrected chi connectivity index (χ3v) is 3.20. The summed E-state index contributed by atoms with van der Waals surface area (Å²) in [5.41, 5.74) is 1.06. The monoisotopic (exact) mass is 334 g/mol. The fourth-order valence-corrected chi connectivity index (χ4v) is 2.30. The van der Waals surface area contributed by atoms with Gasteiger partial charge in [0.2, 0.25) is 0 Å². The predicted molar refractivity (Wildman–Crippen MR) is 70.8 cm³/mol. The van der Waals surface area contributed by atoms with E-state index in [2.05, 4.69) is 56.0 Å². The lowest BCUT2D eigenvalue weighted by atomic mass is 10.1. The summed E-state index contributed by atoms with van der Waals surface area (Å²) in [7, 11) is 0. The molecule has 0 spiro atoms. The molecule has 0 saturated heterocycles. The molecule has 1 heterocycles. The highest BCUT2D eigenvalue weighted by atomic mass is 79.9. The molecule has 0 bridgehead atoms. The van der Waals surface area contributed by atoms with Crippen molar-refractivity contribution in [3.63, 3.8) is 0 Å². The van der Waals surface area contributed by atoms with E-state index in [9.17, 15) is 0 Å². The largest absolute Gasteiger partial charge is 0.311 e. The average Bonchev–Trinajstić information content (AvgIpc) is 2.14. The van der Waals surface area contributed by atoms with Crippen molar-refractivity contribution >= 4 is 31.9 Å². The average molecular weight is 336 g/mol. The standard InChI is InChI=1S/C11H16Br2N2/c1-8(2)3-4-14-7-11-10(13)5-9(12)6-15-11/h5-6,8,14H,3-4,7H2,1-2H3. The number of hydrogen-bond donors (Lipinski definition) is 1. The van der Waals surface area contributed by atoms with E-state index >= 15 is 0 Å². The zero-order chi connectivity index (χ0) is 11.3. The van der Waals surface area contributed by atoms with Gasteiger partial charge in [0.1, 0.15) is 0 Å². The van der Waals surface area contributed by atoms with Crippen molar-refractivity contribution in [2.45, 2.75) is 26.8 Å². The summed E-state index contributed by atoms with van der Waals surface area (Å²) in [6.07, 6.45) is 3.03. The maximum atomic E-state index is 4.34. The van der Waals surface area contributed by atoms with Gasteiger partial charge >= 0.3 is 0 Å². The number of pyridine rings is 1. The van der Waals surface area contributed by atoms with Crippen LogP contribution in [-0.2, 0) is 6.54 Å². The van der Waals surface area contributed by atoms with Crippen LogP contribution in [0.25, 0.3) is 0 Å². The Morgan fingerprint density at radius 3 is 2.73 bits per heavy atom. The molecule has 1 N–H and O–H groups in total. The highest BCUT2D eigenvalue weighted by Gasteiger charge is 2.01. The molecule has 0 amide bonds. The van der Waals surface area contributed by atoms with Crippen molar-refractivity contribution in [2.75, 3.05) is 6.54 Å². The van der Waals surface area contributed by atoms with Crippen LogP contribution in [0.15, 0.2) is 21.2 Å². The van der Waals surface area contributed by atoms with Gasteiger partial charge in [0.05, 0.1) is 5.69 Å². The van der Waals surface area contributed by atoms with Crippen molar-refractivity contribution in [1.82, 2.24) is 10.3 Å². The SMILES string of the molecule is CC(C)CCNCc1ncc(Br)cc1Br. The number of hydrogen-bond acceptors (Lipinski definition) is 2. The first-order valence-electron chi connectivity index (χ1n) is 5.10. The molecule has 0 unspecified atom stereocenters. The van der Waals surface area contributed by atoms with Crippen LogP contribution in [0.5, 0.6) is 0 Å². The van der Waals surface area contributed by atoms with Gasteiger partial charge in [0.25, 0.3) is 0 Å². The van der Waals surface area contributed by atoms with E-state index < -0.39 is 0 Å². The molecule has 1 rings (SSSR count). The zero-order valence-corrected chi connectivity index (χ0v) is 12.2. The van der Waals surface area contributed by atoms with Crippen molar-refractivity contribution in [1.29, 1.82) is 0 Å². The van der Waals surface area contributed by atoms with E-state index in [1.807, 2.05) is 12.3 Å². The van der Waals surface area contributed by atoms with Crippen LogP contribution in [0.3, 0.4) is 0 Å². The third-order valence-electron chi connectivity index (χ3n) is 2.07. The normalized spacial score (nSPS) is 11.0. The molecule has 0 radical (unpaired) electrons. The molecule has 2 nitrogen and oxygen atoms in total. The Hall–Kier alpha value is 0.0700. The van der Waals surface area contributed by atoms with Gasteiger partial charge in [-0.15, -0.1) is 0 Å². The minimum atomic E-state index is 0.749. The first-order chi connectivity index (χ1) is 7.09. The van der Waals surface area contributed by atoms with E-state index in [1.54, 1.807) is 0 Å². The summed E-state index contributed by atoms with van der Waals surface area (Å²) in [6, 6.07) is 2.02. The molecule has 0 aromatic carbocycles. The molecule has 1 aromatic heterocycles. The lowest BCUT2D eigenvalue weighted by Gasteiger charge is -2.07. The number of nitrogens with zero attached hydrogens (tertiary/aromatic N) is 1. The van der Waals surface area contributed by atoms with Crippen LogP contribution >= 0.6 is 31.9 Å². The van der Waals surface area contributed by atoms with E-state index in [4.69, 9.17) is 0 Å². The van der Waals surface area contributed by atoms with Crippen LogP contribution < -0.4 is 5.32 Å². The van der Waals surface area contributed by atoms with Crippen molar-refractivity contribution in [2.24, 2.45) is 5.92 Å². The Morgan fingerprint density at radius 1 is 1.40 bits per heavy atom. The first kappa shape index (κ1) is 13.1. The van der Waals surface area contributed by atoms with Crippen LogP contribution in [0, 0.1) is 5.92 Å². The number of halogens is 2. The minimum absolute atomic E-state index is 0.749. The lowest BCUT2D eigenvalue weighted by molar-refractivity contribution is 0.534. The summed E-state index contributed by atoms with van der Waals surface area (Å²) >= 11 is 6.88. The Labute approximate surface area is 108 Å². The summed E-state index contributed by atoms with van der Waals surface area (Å²) in [4.78, 5) is 4.34. The van der Waals surface area contributed by atoms with Crippen LogP contribution in [-0.4, -0.2) is 11.5 Å². The van der Waals surface area contributed by atoms with Gasteiger partial charge in [-0.2, -0.15) is 0 Å². The fourth-order valence-electron chi connectivity index (χ4n) is 1.17.